The zero-order valence-electron chi connectivity index (χ0n) is 17.3. The van der Waals surface area contributed by atoms with Crippen LogP contribution in [0.4, 0.5) is 5.13 Å². The molecule has 6 nitrogen and oxygen atoms in total. The van der Waals surface area contributed by atoms with E-state index >= 15 is 0 Å². The number of aromatic nitrogens is 1. The Balaban J connectivity index is 0.00000272. The summed E-state index contributed by atoms with van der Waals surface area (Å²) in [5, 5.41) is 1.32. The third-order valence-electron chi connectivity index (χ3n) is 5.00. The highest BCUT2D eigenvalue weighted by Crippen LogP contribution is 2.31. The predicted octanol–water partition coefficient (Wildman–Crippen LogP) is 4.42. The fraction of sp³-hybridized carbons (Fsp3) is 0.364. The Morgan fingerprint density at radius 1 is 1.23 bits per heavy atom. The minimum Gasteiger partial charge on any atom is -0.484 e. The van der Waals surface area contributed by atoms with Gasteiger partial charge in [-0.1, -0.05) is 40.6 Å². The predicted molar refractivity (Wildman–Crippen MR) is 128 cm³/mol. The maximum atomic E-state index is 13.1. The molecule has 0 aliphatic carbocycles. The van der Waals surface area contributed by atoms with Gasteiger partial charge in [0.1, 0.15) is 5.75 Å². The third-order valence-corrected chi connectivity index (χ3v) is 6.27. The van der Waals surface area contributed by atoms with Crippen LogP contribution in [0.5, 0.6) is 5.75 Å². The summed E-state index contributed by atoms with van der Waals surface area (Å²) in [6.07, 6.45) is 0. The molecule has 3 aromatic rings. The number of aryl methyl sites for hydroxylation is 1. The van der Waals surface area contributed by atoms with E-state index in [0.717, 1.165) is 48.6 Å². The second kappa shape index (κ2) is 11.1. The monoisotopic (exact) mass is 481 g/mol. The molecule has 0 unspecified atom stereocenters. The normalized spacial score (nSPS) is 14.3. The van der Waals surface area contributed by atoms with Gasteiger partial charge >= 0.3 is 0 Å². The fourth-order valence-electron chi connectivity index (χ4n) is 3.25. The number of thiazole rings is 1. The zero-order valence-corrected chi connectivity index (χ0v) is 19.6. The molecule has 1 aliphatic rings. The van der Waals surface area contributed by atoms with Crippen LogP contribution in [0.2, 0.25) is 5.02 Å². The molecule has 0 N–H and O–H groups in total. The summed E-state index contributed by atoms with van der Waals surface area (Å²) in [6.45, 7) is 6.48. The van der Waals surface area contributed by atoms with Gasteiger partial charge in [-0.25, -0.2) is 4.98 Å². The number of ether oxygens (including phenoxy) is 2. The first-order valence-electron chi connectivity index (χ1n) is 9.94. The smallest absolute Gasteiger partial charge is 0.266 e. The Hall–Kier alpha value is -1.90. The number of carbonyl (C=O) groups is 1. The number of hydrogen-bond acceptors (Lipinski definition) is 6. The molecule has 1 amide bonds. The van der Waals surface area contributed by atoms with Crippen LogP contribution in [-0.2, 0) is 9.53 Å². The number of carbonyl (C=O) groups excluding carboxylic acids is 1. The Labute approximate surface area is 197 Å². The Bertz CT molecular complexity index is 1010. The molecule has 1 saturated heterocycles. The average Bonchev–Trinajstić information content (AvgIpc) is 3.17. The molecule has 2 aromatic carbocycles. The molecule has 0 bridgehead atoms. The quantitative estimate of drug-likeness (QED) is 0.499. The van der Waals surface area contributed by atoms with Crippen molar-refractivity contribution in [1.82, 2.24) is 9.88 Å². The summed E-state index contributed by atoms with van der Waals surface area (Å²) >= 11 is 7.59. The van der Waals surface area contributed by atoms with Crippen molar-refractivity contribution in [2.45, 2.75) is 6.92 Å². The van der Waals surface area contributed by atoms with E-state index in [1.807, 2.05) is 49.4 Å². The van der Waals surface area contributed by atoms with Gasteiger partial charge in [0.15, 0.2) is 11.7 Å². The van der Waals surface area contributed by atoms with Crippen LogP contribution in [0.25, 0.3) is 10.2 Å². The van der Waals surface area contributed by atoms with E-state index in [9.17, 15) is 4.79 Å². The number of hydrogen-bond donors (Lipinski definition) is 0. The first kappa shape index (κ1) is 23.8. The van der Waals surface area contributed by atoms with Crippen LogP contribution < -0.4 is 9.64 Å². The van der Waals surface area contributed by atoms with Gasteiger partial charge in [0, 0.05) is 31.2 Å². The van der Waals surface area contributed by atoms with Crippen molar-refractivity contribution >= 4 is 56.6 Å². The first-order chi connectivity index (χ1) is 14.6. The molecule has 0 radical (unpaired) electrons. The lowest BCUT2D eigenvalue weighted by molar-refractivity contribution is -0.120. The molecule has 4 rings (SSSR count). The van der Waals surface area contributed by atoms with Crippen LogP contribution in [0.1, 0.15) is 5.56 Å². The van der Waals surface area contributed by atoms with Crippen molar-refractivity contribution in [3.8, 4) is 5.75 Å². The number of anilines is 1. The number of morpholine rings is 1. The van der Waals surface area contributed by atoms with Crippen LogP contribution >= 0.6 is 35.3 Å². The summed E-state index contributed by atoms with van der Waals surface area (Å²) in [6, 6.07) is 13.3. The van der Waals surface area contributed by atoms with Gasteiger partial charge in [-0.3, -0.25) is 14.6 Å². The fourth-order valence-corrected chi connectivity index (χ4v) is 4.54. The van der Waals surface area contributed by atoms with Crippen LogP contribution in [-0.4, -0.2) is 61.8 Å². The minimum atomic E-state index is -0.117. The molecular weight excluding hydrogens is 457 g/mol. The summed E-state index contributed by atoms with van der Waals surface area (Å²) in [4.78, 5) is 21.8. The van der Waals surface area contributed by atoms with Gasteiger partial charge in [0.25, 0.3) is 5.91 Å². The number of halogens is 2. The van der Waals surface area contributed by atoms with E-state index < -0.39 is 0 Å². The largest absolute Gasteiger partial charge is 0.484 e. The molecule has 166 valence electrons. The van der Waals surface area contributed by atoms with Gasteiger partial charge in [0.05, 0.1) is 23.4 Å². The highest BCUT2D eigenvalue weighted by Gasteiger charge is 2.22. The zero-order chi connectivity index (χ0) is 20.9. The second-order valence-corrected chi connectivity index (χ2v) is 8.66. The van der Waals surface area contributed by atoms with E-state index in [0.29, 0.717) is 22.4 Å². The van der Waals surface area contributed by atoms with Crippen LogP contribution in [0.3, 0.4) is 0 Å². The van der Waals surface area contributed by atoms with E-state index in [1.54, 1.807) is 4.90 Å². The van der Waals surface area contributed by atoms with E-state index in [4.69, 9.17) is 21.1 Å². The Kier molecular flexibility index (Phi) is 8.51. The highest BCUT2D eigenvalue weighted by atomic mass is 35.5. The maximum absolute atomic E-state index is 13.1. The molecule has 1 aliphatic heterocycles. The summed E-state index contributed by atoms with van der Waals surface area (Å²) in [5.41, 5.74) is 1.98. The van der Waals surface area contributed by atoms with E-state index in [1.165, 1.54) is 11.3 Å². The number of amides is 1. The van der Waals surface area contributed by atoms with Crippen LogP contribution in [0.15, 0.2) is 42.5 Å². The molecule has 0 atom stereocenters. The molecule has 0 saturated carbocycles. The lowest BCUT2D eigenvalue weighted by atomic mass is 10.2. The molecule has 0 spiro atoms. The topological polar surface area (TPSA) is 54.9 Å². The minimum absolute atomic E-state index is 0. The second-order valence-electron chi connectivity index (χ2n) is 7.21. The van der Waals surface area contributed by atoms with Gasteiger partial charge in [-0.15, -0.1) is 12.4 Å². The van der Waals surface area contributed by atoms with Gasteiger partial charge < -0.3 is 9.47 Å². The standard InChI is InChI=1S/C22H24ClN3O3S.ClH/c1-16-2-5-18(6-3-16)29-15-21(27)26(9-8-25-10-12-28-13-11-25)22-24-19-7-4-17(23)14-20(19)30-22;/h2-7,14H,8-13,15H2,1H3;1H. The Morgan fingerprint density at radius 2 is 1.97 bits per heavy atom. The molecular formula is C22H25Cl2N3O3S. The summed E-state index contributed by atoms with van der Waals surface area (Å²) in [7, 11) is 0. The average molecular weight is 482 g/mol. The van der Waals surface area contributed by atoms with Crippen molar-refractivity contribution < 1.29 is 14.3 Å². The third kappa shape index (κ3) is 6.30. The van der Waals surface area contributed by atoms with Gasteiger partial charge in [-0.2, -0.15) is 0 Å². The summed E-state index contributed by atoms with van der Waals surface area (Å²) < 4.78 is 12.1. The molecule has 1 aromatic heterocycles. The van der Waals surface area contributed by atoms with Crippen LogP contribution in [0, 0.1) is 6.92 Å². The van der Waals surface area contributed by atoms with E-state index in [2.05, 4.69) is 9.88 Å². The SMILES string of the molecule is Cc1ccc(OCC(=O)N(CCN2CCOCC2)c2nc3ccc(Cl)cc3s2)cc1.Cl. The van der Waals surface area contributed by atoms with Crippen molar-refractivity contribution in [2.24, 2.45) is 0 Å². The number of fused-ring (bicyclic) bond motifs is 1. The molecule has 31 heavy (non-hydrogen) atoms. The Morgan fingerprint density at radius 3 is 2.71 bits per heavy atom. The lowest BCUT2D eigenvalue weighted by Gasteiger charge is -2.29. The van der Waals surface area contributed by atoms with Gasteiger partial charge in [0.2, 0.25) is 0 Å². The molecule has 2 heterocycles. The number of benzene rings is 2. The molecule has 1 fully saturated rings. The summed E-state index contributed by atoms with van der Waals surface area (Å²) in [5.74, 6) is 0.562. The number of nitrogens with zero attached hydrogens (tertiary/aromatic N) is 3. The maximum Gasteiger partial charge on any atom is 0.266 e. The molecule has 9 heteroatoms. The van der Waals surface area contributed by atoms with Crippen molar-refractivity contribution in [3.05, 3.63) is 53.1 Å². The van der Waals surface area contributed by atoms with E-state index in [-0.39, 0.29) is 24.9 Å². The van der Waals surface area contributed by atoms with Gasteiger partial charge in [-0.05, 0) is 37.3 Å². The number of rotatable bonds is 7. The van der Waals surface area contributed by atoms with Crippen molar-refractivity contribution in [2.75, 3.05) is 50.9 Å². The van der Waals surface area contributed by atoms with Crippen molar-refractivity contribution in [1.29, 1.82) is 0 Å². The van der Waals surface area contributed by atoms with Crippen molar-refractivity contribution in [3.63, 3.8) is 0 Å². The highest BCUT2D eigenvalue weighted by molar-refractivity contribution is 7.22. The first-order valence-corrected chi connectivity index (χ1v) is 11.1. The lowest BCUT2D eigenvalue weighted by Crippen LogP contribution is -2.44.